The summed E-state index contributed by atoms with van der Waals surface area (Å²) in [5.74, 6) is -1.04. The van der Waals surface area contributed by atoms with E-state index in [1.165, 1.54) is 16.7 Å². The number of aromatic carboxylic acids is 1. The fourth-order valence-corrected chi connectivity index (χ4v) is 2.37. The number of carboxylic acids is 1. The molecule has 9 heteroatoms. The van der Waals surface area contributed by atoms with Gasteiger partial charge in [0, 0.05) is 31.6 Å². The van der Waals surface area contributed by atoms with Crippen molar-refractivity contribution >= 4 is 23.3 Å². The topological polar surface area (TPSA) is 109 Å². The van der Waals surface area contributed by atoms with Crippen LogP contribution in [0.1, 0.15) is 21.2 Å². The van der Waals surface area contributed by atoms with Gasteiger partial charge in [-0.05, 0) is 6.07 Å². The van der Waals surface area contributed by atoms with Gasteiger partial charge in [0.15, 0.2) is 5.69 Å². The van der Waals surface area contributed by atoms with Gasteiger partial charge in [-0.2, -0.15) is 5.10 Å². The van der Waals surface area contributed by atoms with E-state index in [-0.39, 0.29) is 11.7 Å². The van der Waals surface area contributed by atoms with Crippen LogP contribution >= 0.6 is 11.3 Å². The van der Waals surface area contributed by atoms with Gasteiger partial charge in [-0.1, -0.05) is 0 Å². The van der Waals surface area contributed by atoms with Crippen molar-refractivity contribution in [2.45, 2.75) is 13.0 Å². The third kappa shape index (κ3) is 4.56. The molecule has 0 aromatic carbocycles. The molecule has 0 aliphatic heterocycles. The Morgan fingerprint density at radius 2 is 2.24 bits per heavy atom. The number of amides is 2. The summed E-state index contributed by atoms with van der Waals surface area (Å²) < 4.78 is 1.66. The predicted molar refractivity (Wildman–Crippen MR) is 76.2 cm³/mol. The summed E-state index contributed by atoms with van der Waals surface area (Å²) in [4.78, 5) is 26.2. The Kier molecular flexibility index (Phi) is 4.88. The van der Waals surface area contributed by atoms with Crippen molar-refractivity contribution in [2.75, 3.05) is 6.54 Å². The van der Waals surface area contributed by atoms with Crippen molar-refractivity contribution in [2.24, 2.45) is 7.05 Å². The molecule has 2 aromatic heterocycles. The minimum atomic E-state index is -1.04. The summed E-state index contributed by atoms with van der Waals surface area (Å²) >= 11 is 1.27. The molecule has 21 heavy (non-hydrogen) atoms. The van der Waals surface area contributed by atoms with Gasteiger partial charge in [0.1, 0.15) is 0 Å². The zero-order valence-electron chi connectivity index (χ0n) is 11.4. The average molecular weight is 309 g/mol. The number of carboxylic acid groups (broad SMARTS) is 1. The predicted octanol–water partition coefficient (Wildman–Crippen LogP) is 0.617. The molecule has 0 aliphatic rings. The lowest BCUT2D eigenvalue weighted by Gasteiger charge is -2.05. The maximum absolute atomic E-state index is 11.6. The Labute approximate surface area is 124 Å². The number of aromatic nitrogens is 3. The number of carbonyl (C=O) groups is 2. The molecule has 0 radical (unpaired) electrons. The largest absolute Gasteiger partial charge is 0.476 e. The third-order valence-corrected chi connectivity index (χ3v) is 3.50. The number of rotatable bonds is 6. The maximum atomic E-state index is 11.6. The van der Waals surface area contributed by atoms with Crippen LogP contribution in [0.15, 0.2) is 17.6 Å². The number of nitrogens with zero attached hydrogens (tertiary/aromatic N) is 3. The second kappa shape index (κ2) is 6.84. The molecule has 0 fully saturated rings. The van der Waals surface area contributed by atoms with E-state index < -0.39 is 5.97 Å². The molecule has 2 aromatic rings. The molecular formula is C12H15N5O3S. The van der Waals surface area contributed by atoms with Crippen LogP contribution in [0.2, 0.25) is 0 Å². The number of carbonyl (C=O) groups excluding carboxylic acids is 1. The molecule has 2 amide bonds. The first-order chi connectivity index (χ1) is 10.0. The fraction of sp³-hybridized carbons (Fsp3) is 0.333. The van der Waals surface area contributed by atoms with Crippen molar-refractivity contribution in [1.29, 1.82) is 0 Å². The number of hydrogen-bond acceptors (Lipinski definition) is 5. The second-order valence-electron chi connectivity index (χ2n) is 4.27. The first-order valence-corrected chi connectivity index (χ1v) is 7.10. The number of thiazole rings is 1. The maximum Gasteiger partial charge on any atom is 0.355 e. The van der Waals surface area contributed by atoms with Crippen molar-refractivity contribution < 1.29 is 14.7 Å². The van der Waals surface area contributed by atoms with E-state index in [9.17, 15) is 9.59 Å². The summed E-state index contributed by atoms with van der Waals surface area (Å²) in [5, 5.41) is 20.4. The first-order valence-electron chi connectivity index (χ1n) is 6.22. The van der Waals surface area contributed by atoms with Crippen LogP contribution in [0.4, 0.5) is 4.79 Å². The van der Waals surface area contributed by atoms with Gasteiger partial charge in [0.05, 0.1) is 17.2 Å². The smallest absolute Gasteiger partial charge is 0.355 e. The van der Waals surface area contributed by atoms with Crippen LogP contribution in [-0.4, -0.2) is 38.4 Å². The highest BCUT2D eigenvalue weighted by atomic mass is 32.1. The van der Waals surface area contributed by atoms with E-state index in [4.69, 9.17) is 5.11 Å². The van der Waals surface area contributed by atoms with Gasteiger partial charge >= 0.3 is 12.0 Å². The third-order valence-electron chi connectivity index (χ3n) is 2.59. The van der Waals surface area contributed by atoms with Crippen LogP contribution < -0.4 is 10.6 Å². The van der Waals surface area contributed by atoms with Crippen molar-refractivity contribution in [3.05, 3.63) is 34.0 Å². The van der Waals surface area contributed by atoms with E-state index in [2.05, 4.69) is 20.7 Å². The Balaban J connectivity index is 1.67. The molecule has 0 spiro atoms. The molecule has 0 saturated heterocycles. The molecular weight excluding hydrogens is 294 g/mol. The van der Waals surface area contributed by atoms with Crippen molar-refractivity contribution in [1.82, 2.24) is 25.4 Å². The summed E-state index contributed by atoms with van der Waals surface area (Å²) in [6.45, 7) is 0.744. The summed E-state index contributed by atoms with van der Waals surface area (Å²) in [5.41, 5.74) is 0.813. The molecule has 0 saturated carbocycles. The summed E-state index contributed by atoms with van der Waals surface area (Å²) in [7, 11) is 1.81. The molecule has 0 atom stereocenters. The van der Waals surface area contributed by atoms with Crippen LogP contribution in [0, 0.1) is 0 Å². The molecule has 3 N–H and O–H groups in total. The second-order valence-corrected chi connectivity index (χ2v) is 5.21. The Morgan fingerprint density at radius 1 is 1.43 bits per heavy atom. The highest BCUT2D eigenvalue weighted by Crippen LogP contribution is 2.09. The number of hydrogen-bond donors (Lipinski definition) is 3. The summed E-state index contributed by atoms with van der Waals surface area (Å²) in [6, 6.07) is 1.53. The lowest BCUT2D eigenvalue weighted by atomic mass is 10.4. The number of aryl methyl sites for hydroxylation is 1. The zero-order valence-corrected chi connectivity index (χ0v) is 12.2. The molecule has 0 unspecified atom stereocenters. The molecule has 2 heterocycles. The first kappa shape index (κ1) is 15.0. The zero-order chi connectivity index (χ0) is 15.2. The van der Waals surface area contributed by atoms with Crippen LogP contribution in [-0.2, 0) is 20.0 Å². The van der Waals surface area contributed by atoms with Gasteiger partial charge in [0.25, 0.3) is 0 Å². The van der Waals surface area contributed by atoms with Crippen molar-refractivity contribution in [3.8, 4) is 0 Å². The van der Waals surface area contributed by atoms with E-state index in [0.717, 1.165) is 5.69 Å². The SMILES string of the molecule is Cn1ccc(CNC(=O)NCCc2nc(C(=O)O)cs2)n1. The quantitative estimate of drug-likeness (QED) is 0.724. The molecule has 8 nitrogen and oxygen atoms in total. The van der Waals surface area contributed by atoms with E-state index in [1.54, 1.807) is 10.9 Å². The fourth-order valence-electron chi connectivity index (χ4n) is 1.60. The highest BCUT2D eigenvalue weighted by molar-refractivity contribution is 7.09. The summed E-state index contributed by atoms with van der Waals surface area (Å²) in [6.07, 6.45) is 2.30. The molecule has 2 rings (SSSR count). The molecule has 112 valence electrons. The minimum absolute atomic E-state index is 0.0367. The average Bonchev–Trinajstić information content (AvgIpc) is 3.05. The molecule has 0 bridgehead atoms. The normalized spacial score (nSPS) is 10.3. The lowest BCUT2D eigenvalue weighted by molar-refractivity contribution is 0.0691. The number of nitrogens with one attached hydrogen (secondary N) is 2. The monoisotopic (exact) mass is 309 g/mol. The van der Waals surface area contributed by atoms with Gasteiger partial charge in [-0.15, -0.1) is 11.3 Å². The molecule has 0 aliphatic carbocycles. The Morgan fingerprint density at radius 3 is 2.86 bits per heavy atom. The lowest BCUT2D eigenvalue weighted by Crippen LogP contribution is -2.36. The van der Waals surface area contributed by atoms with Crippen molar-refractivity contribution in [3.63, 3.8) is 0 Å². The van der Waals surface area contributed by atoms with Gasteiger partial charge in [0.2, 0.25) is 0 Å². The van der Waals surface area contributed by atoms with Gasteiger partial charge in [-0.3, -0.25) is 4.68 Å². The Hall–Kier alpha value is -2.42. The highest BCUT2D eigenvalue weighted by Gasteiger charge is 2.08. The standard InChI is InChI=1S/C12H15N5O3S/c1-17-5-3-8(16-17)6-14-12(20)13-4-2-10-15-9(7-21-10)11(18)19/h3,5,7H,2,4,6H2,1H3,(H,18,19)(H2,13,14,20). The van der Waals surface area contributed by atoms with E-state index in [1.807, 2.05) is 13.1 Å². The van der Waals surface area contributed by atoms with Gasteiger partial charge < -0.3 is 15.7 Å². The van der Waals surface area contributed by atoms with E-state index in [0.29, 0.717) is 24.5 Å². The van der Waals surface area contributed by atoms with E-state index >= 15 is 0 Å². The van der Waals surface area contributed by atoms with Gasteiger partial charge in [-0.25, -0.2) is 14.6 Å². The van der Waals surface area contributed by atoms with Crippen LogP contribution in [0.5, 0.6) is 0 Å². The minimum Gasteiger partial charge on any atom is -0.476 e. The number of urea groups is 1. The van der Waals surface area contributed by atoms with Crippen LogP contribution in [0.3, 0.4) is 0 Å². The Bertz CT molecular complexity index is 636. The van der Waals surface area contributed by atoms with Crippen LogP contribution in [0.25, 0.3) is 0 Å².